The molecule has 4 heterocycles. The van der Waals surface area contributed by atoms with Gasteiger partial charge in [-0.1, -0.05) is 6.07 Å². The van der Waals surface area contributed by atoms with Crippen LogP contribution in [0.1, 0.15) is 40.6 Å². The SMILES string of the molecule is O=C(c1ccc(=O)[nH]c1)N1CCCC(c2nc(-c3cccs3)cc(C(F)(F)F)n2)C1. The summed E-state index contributed by atoms with van der Waals surface area (Å²) in [4.78, 5) is 36.8. The summed E-state index contributed by atoms with van der Waals surface area (Å²) < 4.78 is 40.3. The highest BCUT2D eigenvalue weighted by atomic mass is 32.1. The van der Waals surface area contributed by atoms with Crippen LogP contribution >= 0.6 is 11.3 Å². The summed E-state index contributed by atoms with van der Waals surface area (Å²) in [5.41, 5.74) is -0.757. The van der Waals surface area contributed by atoms with E-state index in [0.29, 0.717) is 29.8 Å². The Hall–Kier alpha value is -3.01. The van der Waals surface area contributed by atoms with Crippen molar-refractivity contribution in [3.05, 3.63) is 69.3 Å². The maximum atomic E-state index is 13.4. The van der Waals surface area contributed by atoms with Gasteiger partial charge in [-0.05, 0) is 36.4 Å². The standard InChI is InChI=1S/C20H17F3N4O2S/c21-20(22,23)16-9-14(15-4-2-8-30-15)25-18(26-16)13-3-1-7-27(11-13)19(29)12-5-6-17(28)24-10-12/h2,4-6,8-10,13H,1,3,7,11H2,(H,24,28). The van der Waals surface area contributed by atoms with Gasteiger partial charge < -0.3 is 9.88 Å². The molecule has 3 aromatic heterocycles. The Morgan fingerprint density at radius 1 is 1.23 bits per heavy atom. The van der Waals surface area contributed by atoms with Crippen molar-refractivity contribution < 1.29 is 18.0 Å². The van der Waals surface area contributed by atoms with Crippen LogP contribution in [0.4, 0.5) is 13.2 Å². The molecule has 30 heavy (non-hydrogen) atoms. The fraction of sp³-hybridized carbons (Fsp3) is 0.300. The van der Waals surface area contributed by atoms with E-state index in [-0.39, 0.29) is 29.5 Å². The van der Waals surface area contributed by atoms with Crippen molar-refractivity contribution in [1.82, 2.24) is 19.9 Å². The largest absolute Gasteiger partial charge is 0.433 e. The van der Waals surface area contributed by atoms with Crippen LogP contribution in [-0.2, 0) is 6.18 Å². The molecule has 3 aromatic rings. The summed E-state index contributed by atoms with van der Waals surface area (Å²) >= 11 is 1.30. The average molecular weight is 434 g/mol. The lowest BCUT2D eigenvalue weighted by molar-refractivity contribution is -0.141. The molecule has 0 radical (unpaired) electrons. The lowest BCUT2D eigenvalue weighted by Gasteiger charge is -2.32. The van der Waals surface area contributed by atoms with Crippen LogP contribution < -0.4 is 5.56 Å². The number of hydrogen-bond acceptors (Lipinski definition) is 5. The van der Waals surface area contributed by atoms with Gasteiger partial charge in [-0.2, -0.15) is 13.2 Å². The fourth-order valence-corrected chi connectivity index (χ4v) is 4.13. The van der Waals surface area contributed by atoms with E-state index in [0.717, 1.165) is 6.07 Å². The molecule has 6 nitrogen and oxygen atoms in total. The maximum Gasteiger partial charge on any atom is 0.433 e. The van der Waals surface area contributed by atoms with Gasteiger partial charge in [0.15, 0.2) is 0 Å². The molecule has 1 amide bonds. The third kappa shape index (κ3) is 4.28. The lowest BCUT2D eigenvalue weighted by atomic mass is 9.96. The predicted molar refractivity (Wildman–Crippen MR) is 105 cm³/mol. The molecule has 0 aromatic carbocycles. The molecule has 0 aliphatic carbocycles. The average Bonchev–Trinajstić information content (AvgIpc) is 3.28. The summed E-state index contributed by atoms with van der Waals surface area (Å²) in [6.45, 7) is 0.689. The second-order valence-electron chi connectivity index (χ2n) is 7.00. The number of carbonyl (C=O) groups is 1. The van der Waals surface area contributed by atoms with Crippen molar-refractivity contribution in [3.8, 4) is 10.6 Å². The number of nitrogens with one attached hydrogen (secondary N) is 1. The van der Waals surface area contributed by atoms with Crippen LogP contribution in [0.25, 0.3) is 10.6 Å². The molecule has 1 atom stereocenters. The van der Waals surface area contributed by atoms with Gasteiger partial charge >= 0.3 is 6.18 Å². The Bertz CT molecular complexity index is 1090. The van der Waals surface area contributed by atoms with Crippen molar-refractivity contribution >= 4 is 17.2 Å². The highest BCUT2D eigenvalue weighted by Crippen LogP contribution is 2.34. The topological polar surface area (TPSA) is 79.0 Å². The van der Waals surface area contributed by atoms with Gasteiger partial charge in [-0.3, -0.25) is 9.59 Å². The Labute approximate surface area is 173 Å². The minimum Gasteiger partial charge on any atom is -0.338 e. The number of thiophene rings is 1. The third-order valence-corrected chi connectivity index (χ3v) is 5.80. The number of likely N-dealkylation sites (tertiary alicyclic amines) is 1. The first-order chi connectivity index (χ1) is 14.3. The van der Waals surface area contributed by atoms with Crippen LogP contribution in [0.2, 0.25) is 0 Å². The van der Waals surface area contributed by atoms with E-state index in [2.05, 4.69) is 15.0 Å². The molecule has 10 heteroatoms. The molecular weight excluding hydrogens is 417 g/mol. The van der Waals surface area contributed by atoms with Crippen LogP contribution in [-0.4, -0.2) is 38.8 Å². The molecule has 1 aliphatic heterocycles. The normalized spacial score (nSPS) is 17.2. The Morgan fingerprint density at radius 2 is 2.07 bits per heavy atom. The van der Waals surface area contributed by atoms with Crippen LogP contribution in [0.3, 0.4) is 0 Å². The van der Waals surface area contributed by atoms with Crippen molar-refractivity contribution in [2.24, 2.45) is 0 Å². The van der Waals surface area contributed by atoms with Gasteiger partial charge in [0, 0.05) is 31.3 Å². The molecule has 0 saturated carbocycles. The highest BCUT2D eigenvalue weighted by Gasteiger charge is 2.35. The van der Waals surface area contributed by atoms with Crippen molar-refractivity contribution in [2.75, 3.05) is 13.1 Å². The first-order valence-electron chi connectivity index (χ1n) is 9.29. The molecule has 0 bridgehead atoms. The van der Waals surface area contributed by atoms with E-state index in [1.807, 2.05) is 0 Å². The van der Waals surface area contributed by atoms with Gasteiger partial charge in [-0.25, -0.2) is 9.97 Å². The Balaban J connectivity index is 1.64. The van der Waals surface area contributed by atoms with Crippen molar-refractivity contribution in [3.63, 3.8) is 0 Å². The van der Waals surface area contributed by atoms with E-state index >= 15 is 0 Å². The lowest BCUT2D eigenvalue weighted by Crippen LogP contribution is -2.39. The van der Waals surface area contributed by atoms with Gasteiger partial charge in [-0.15, -0.1) is 11.3 Å². The van der Waals surface area contributed by atoms with Gasteiger partial charge in [0.05, 0.1) is 16.1 Å². The van der Waals surface area contributed by atoms with E-state index in [1.165, 1.54) is 29.7 Å². The molecule has 0 spiro atoms. The van der Waals surface area contributed by atoms with Gasteiger partial charge in [0.2, 0.25) is 5.56 Å². The molecule has 1 N–H and O–H groups in total. The van der Waals surface area contributed by atoms with Gasteiger partial charge in [0.25, 0.3) is 5.91 Å². The van der Waals surface area contributed by atoms with E-state index in [4.69, 9.17) is 0 Å². The number of piperidine rings is 1. The maximum absolute atomic E-state index is 13.4. The number of alkyl halides is 3. The predicted octanol–water partition coefficient (Wildman–Crippen LogP) is 3.93. The molecule has 1 aliphatic rings. The number of carbonyl (C=O) groups excluding carboxylic acids is 1. The quantitative estimate of drug-likeness (QED) is 0.678. The van der Waals surface area contributed by atoms with Crippen molar-refractivity contribution in [2.45, 2.75) is 24.9 Å². The summed E-state index contributed by atoms with van der Waals surface area (Å²) in [7, 11) is 0. The van der Waals surface area contributed by atoms with E-state index in [1.54, 1.807) is 22.4 Å². The molecular formula is C20H17F3N4O2S. The van der Waals surface area contributed by atoms with Crippen molar-refractivity contribution in [1.29, 1.82) is 0 Å². The number of H-pyrrole nitrogens is 1. The first-order valence-corrected chi connectivity index (χ1v) is 10.2. The van der Waals surface area contributed by atoms with Gasteiger partial charge in [0.1, 0.15) is 11.5 Å². The minimum atomic E-state index is -4.59. The monoisotopic (exact) mass is 434 g/mol. The zero-order chi connectivity index (χ0) is 21.3. The number of hydrogen-bond donors (Lipinski definition) is 1. The third-order valence-electron chi connectivity index (χ3n) is 4.91. The van der Waals surface area contributed by atoms with Crippen LogP contribution in [0, 0.1) is 0 Å². The highest BCUT2D eigenvalue weighted by molar-refractivity contribution is 7.13. The molecule has 156 valence electrons. The minimum absolute atomic E-state index is 0.0900. The van der Waals surface area contributed by atoms with Crippen LogP contribution in [0.15, 0.2) is 46.7 Å². The molecule has 4 rings (SSSR count). The molecule has 1 saturated heterocycles. The number of amides is 1. The summed E-state index contributed by atoms with van der Waals surface area (Å²) in [5.74, 6) is -0.611. The zero-order valence-corrected chi connectivity index (χ0v) is 16.5. The number of rotatable bonds is 3. The number of pyridine rings is 1. The number of aromatic amines is 1. The molecule has 1 fully saturated rings. The zero-order valence-electron chi connectivity index (χ0n) is 15.6. The smallest absolute Gasteiger partial charge is 0.338 e. The Kier molecular flexibility index (Phi) is 5.42. The first kappa shape index (κ1) is 20.3. The summed E-state index contributed by atoms with van der Waals surface area (Å²) in [6.07, 6.45) is -2.05. The van der Waals surface area contributed by atoms with E-state index < -0.39 is 17.8 Å². The van der Waals surface area contributed by atoms with E-state index in [9.17, 15) is 22.8 Å². The summed E-state index contributed by atoms with van der Waals surface area (Å²) in [6, 6.07) is 7.11. The summed E-state index contributed by atoms with van der Waals surface area (Å²) in [5, 5.41) is 1.77. The number of aromatic nitrogens is 3. The van der Waals surface area contributed by atoms with Crippen LogP contribution in [0.5, 0.6) is 0 Å². The molecule has 1 unspecified atom stereocenters. The second-order valence-corrected chi connectivity index (χ2v) is 7.95. The Morgan fingerprint density at radius 3 is 2.73 bits per heavy atom. The fourth-order valence-electron chi connectivity index (χ4n) is 3.44. The number of halogens is 3. The second kappa shape index (κ2) is 8.02. The number of nitrogens with zero attached hydrogens (tertiary/aromatic N) is 3.